The number of nitrogens with zero attached hydrogens (tertiary/aromatic N) is 4. The Labute approximate surface area is 194 Å². The van der Waals surface area contributed by atoms with Crippen LogP contribution in [0.15, 0.2) is 51.2 Å². The number of nitrogens with one attached hydrogen (secondary N) is 2. The number of thioether (sulfide) groups is 1. The largest absolute Gasteiger partial charge is 0.464 e. The zero-order chi connectivity index (χ0) is 23.5. The van der Waals surface area contributed by atoms with Gasteiger partial charge >= 0.3 is 12.0 Å². The number of aromatic nitrogens is 4. The number of hydrogen-bond acceptors (Lipinski definition) is 8. The van der Waals surface area contributed by atoms with Crippen molar-refractivity contribution in [3.8, 4) is 5.69 Å². The van der Waals surface area contributed by atoms with Crippen LogP contribution in [0.3, 0.4) is 0 Å². The molecule has 1 unspecified atom stereocenters. The topological polar surface area (TPSA) is 124 Å². The van der Waals surface area contributed by atoms with Crippen LogP contribution in [0.25, 0.3) is 5.69 Å². The van der Waals surface area contributed by atoms with Gasteiger partial charge in [-0.1, -0.05) is 17.8 Å². The van der Waals surface area contributed by atoms with E-state index in [4.69, 9.17) is 9.15 Å². The van der Waals surface area contributed by atoms with Crippen LogP contribution in [0.1, 0.15) is 35.6 Å². The van der Waals surface area contributed by atoms with Crippen LogP contribution >= 0.6 is 11.8 Å². The Morgan fingerprint density at radius 1 is 1.21 bits per heavy atom. The lowest BCUT2D eigenvalue weighted by Gasteiger charge is -2.27. The third-order valence-electron chi connectivity index (χ3n) is 5.22. The first-order chi connectivity index (χ1) is 15.9. The molecule has 172 valence electrons. The predicted molar refractivity (Wildman–Crippen MR) is 121 cm³/mol. The van der Waals surface area contributed by atoms with Crippen molar-refractivity contribution in [2.24, 2.45) is 0 Å². The van der Waals surface area contributed by atoms with E-state index in [1.54, 1.807) is 30.7 Å². The fourth-order valence-corrected chi connectivity index (χ4v) is 4.29. The first kappa shape index (κ1) is 22.6. The van der Waals surface area contributed by atoms with Gasteiger partial charge in [0.25, 0.3) is 0 Å². The molecule has 1 aliphatic rings. The molecule has 33 heavy (non-hydrogen) atoms. The molecule has 2 aromatic heterocycles. The average molecular weight is 469 g/mol. The van der Waals surface area contributed by atoms with Gasteiger partial charge < -0.3 is 19.8 Å². The molecule has 0 spiro atoms. The van der Waals surface area contributed by atoms with Gasteiger partial charge in [0.2, 0.25) is 5.16 Å². The van der Waals surface area contributed by atoms with Crippen molar-refractivity contribution in [2.75, 3.05) is 12.4 Å². The van der Waals surface area contributed by atoms with Crippen LogP contribution in [-0.2, 0) is 9.53 Å². The van der Waals surface area contributed by atoms with Gasteiger partial charge in [-0.15, -0.1) is 5.10 Å². The molecule has 0 radical (unpaired) electrons. The number of hydrogen-bond donors (Lipinski definition) is 2. The van der Waals surface area contributed by atoms with Crippen LogP contribution < -0.4 is 10.6 Å². The third kappa shape index (κ3) is 4.77. The fourth-order valence-electron chi connectivity index (χ4n) is 3.43. The first-order valence-electron chi connectivity index (χ1n) is 10.4. The molecule has 11 heteroatoms. The highest BCUT2D eigenvalue weighted by Gasteiger charge is 2.35. The van der Waals surface area contributed by atoms with Crippen molar-refractivity contribution >= 4 is 23.8 Å². The average Bonchev–Trinajstić information content (AvgIpc) is 3.43. The second-order valence-electron chi connectivity index (χ2n) is 7.52. The second-order valence-corrected chi connectivity index (χ2v) is 8.47. The predicted octanol–water partition coefficient (Wildman–Crippen LogP) is 3.14. The summed E-state index contributed by atoms with van der Waals surface area (Å²) in [5.74, 6) is 0.828. The summed E-state index contributed by atoms with van der Waals surface area (Å²) in [6.07, 6.45) is 0. The number of carbonyl (C=O) groups is 2. The van der Waals surface area contributed by atoms with E-state index in [0.29, 0.717) is 22.4 Å². The highest BCUT2D eigenvalue weighted by Crippen LogP contribution is 2.31. The molecule has 1 aromatic carbocycles. The van der Waals surface area contributed by atoms with Gasteiger partial charge in [-0.25, -0.2) is 9.59 Å². The molecule has 4 rings (SSSR count). The van der Waals surface area contributed by atoms with Crippen LogP contribution in [-0.4, -0.2) is 44.6 Å². The normalized spacial score (nSPS) is 15.9. The van der Waals surface area contributed by atoms with Gasteiger partial charge in [0.05, 0.1) is 17.9 Å². The van der Waals surface area contributed by atoms with Crippen LogP contribution in [0.4, 0.5) is 4.79 Å². The Hall–Kier alpha value is -3.60. The van der Waals surface area contributed by atoms with Gasteiger partial charge in [0.1, 0.15) is 17.6 Å². The Balaban J connectivity index is 1.66. The van der Waals surface area contributed by atoms with Crippen molar-refractivity contribution in [2.45, 2.75) is 38.9 Å². The number of tetrazole rings is 1. The van der Waals surface area contributed by atoms with Crippen molar-refractivity contribution in [3.05, 3.63) is 64.2 Å². The summed E-state index contributed by atoms with van der Waals surface area (Å²) in [6, 6.07) is 8.25. The summed E-state index contributed by atoms with van der Waals surface area (Å²) < 4.78 is 12.6. The summed E-state index contributed by atoms with van der Waals surface area (Å²) in [4.78, 5) is 25.3. The highest BCUT2D eigenvalue weighted by molar-refractivity contribution is 7.99. The lowest BCUT2D eigenvalue weighted by molar-refractivity contribution is -0.139. The van der Waals surface area contributed by atoms with E-state index in [-0.39, 0.29) is 17.9 Å². The van der Waals surface area contributed by atoms with Gasteiger partial charge in [-0.2, -0.15) is 4.68 Å². The molecule has 0 saturated heterocycles. The standard InChI is InChI=1S/C22H24N6O4S/c1-5-31-20(29)18-16(23-21(30)24-19(18)17-9-7-14(4)32-17)11-33-22-25-26-27-28(22)15-8-6-12(2)13(3)10-15/h6-10,19H,5,11H2,1-4H3,(H2,23,24,30). The number of urea groups is 1. The SMILES string of the molecule is CCOC(=O)C1=C(CSc2nnnn2-c2ccc(C)c(C)c2)NC(=O)NC1c1ccc(C)o1. The van der Waals surface area contributed by atoms with Crippen molar-refractivity contribution in [1.29, 1.82) is 0 Å². The lowest BCUT2D eigenvalue weighted by atomic mass is 10.0. The monoisotopic (exact) mass is 468 g/mol. The number of furan rings is 1. The number of amides is 2. The number of ether oxygens (including phenoxy) is 1. The maximum Gasteiger partial charge on any atom is 0.338 e. The molecular weight excluding hydrogens is 444 g/mol. The van der Waals surface area contributed by atoms with E-state index in [0.717, 1.165) is 11.3 Å². The molecule has 3 heterocycles. The number of aryl methyl sites for hydroxylation is 3. The molecular formula is C22H24N6O4S. The minimum Gasteiger partial charge on any atom is -0.464 e. The fraction of sp³-hybridized carbons (Fsp3) is 0.318. The summed E-state index contributed by atoms with van der Waals surface area (Å²) >= 11 is 1.30. The number of rotatable bonds is 7. The molecule has 0 fully saturated rings. The van der Waals surface area contributed by atoms with E-state index in [9.17, 15) is 9.59 Å². The zero-order valence-corrected chi connectivity index (χ0v) is 19.5. The van der Waals surface area contributed by atoms with Crippen molar-refractivity contribution in [1.82, 2.24) is 30.8 Å². The Bertz CT molecular complexity index is 1230. The van der Waals surface area contributed by atoms with Crippen LogP contribution in [0, 0.1) is 20.8 Å². The maximum absolute atomic E-state index is 12.9. The van der Waals surface area contributed by atoms with Crippen molar-refractivity contribution in [3.63, 3.8) is 0 Å². The van der Waals surface area contributed by atoms with Crippen LogP contribution in [0.5, 0.6) is 0 Å². The Morgan fingerprint density at radius 2 is 2.03 bits per heavy atom. The first-order valence-corrected chi connectivity index (χ1v) is 11.4. The molecule has 0 bridgehead atoms. The quantitative estimate of drug-likeness (QED) is 0.400. The molecule has 10 nitrogen and oxygen atoms in total. The number of benzene rings is 1. The van der Waals surface area contributed by atoms with Crippen LogP contribution in [0.2, 0.25) is 0 Å². The minimum atomic E-state index is -0.766. The molecule has 0 saturated carbocycles. The Morgan fingerprint density at radius 3 is 2.73 bits per heavy atom. The van der Waals surface area contributed by atoms with Gasteiger partial charge in [-0.05, 0) is 73.5 Å². The zero-order valence-electron chi connectivity index (χ0n) is 18.7. The van der Waals surface area contributed by atoms with Crippen molar-refractivity contribution < 1.29 is 18.7 Å². The molecule has 1 atom stereocenters. The summed E-state index contributed by atoms with van der Waals surface area (Å²) in [6.45, 7) is 7.78. The lowest BCUT2D eigenvalue weighted by Crippen LogP contribution is -2.46. The number of esters is 1. The third-order valence-corrected chi connectivity index (χ3v) is 6.16. The van der Waals surface area contributed by atoms with E-state index >= 15 is 0 Å². The molecule has 3 aromatic rings. The molecule has 1 aliphatic heterocycles. The van der Waals surface area contributed by atoms with Gasteiger partial charge in [0, 0.05) is 11.4 Å². The Kier molecular flexibility index (Phi) is 6.50. The van der Waals surface area contributed by atoms with E-state index < -0.39 is 18.0 Å². The second kappa shape index (κ2) is 9.49. The minimum absolute atomic E-state index is 0.200. The summed E-state index contributed by atoms with van der Waals surface area (Å²) in [7, 11) is 0. The smallest absolute Gasteiger partial charge is 0.338 e. The van der Waals surface area contributed by atoms with E-state index in [1.165, 1.54) is 17.3 Å². The highest BCUT2D eigenvalue weighted by atomic mass is 32.2. The van der Waals surface area contributed by atoms with Gasteiger partial charge in [-0.3, -0.25) is 0 Å². The molecule has 2 amide bonds. The van der Waals surface area contributed by atoms with E-state index in [2.05, 4.69) is 26.2 Å². The summed E-state index contributed by atoms with van der Waals surface area (Å²) in [5, 5.41) is 18.0. The van der Waals surface area contributed by atoms with E-state index in [1.807, 2.05) is 32.0 Å². The summed E-state index contributed by atoms with van der Waals surface area (Å²) in [5.41, 5.74) is 3.80. The molecule has 2 N–H and O–H groups in total. The van der Waals surface area contributed by atoms with Gasteiger partial charge in [0.15, 0.2) is 0 Å². The molecule has 0 aliphatic carbocycles. The maximum atomic E-state index is 12.9. The number of carbonyl (C=O) groups excluding carboxylic acids is 2.